The maximum absolute atomic E-state index is 7.37. The van der Waals surface area contributed by atoms with Crippen molar-refractivity contribution in [3.63, 3.8) is 0 Å². The molecule has 0 atom stereocenters. The van der Waals surface area contributed by atoms with Gasteiger partial charge in [0.25, 0.3) is 0 Å². The molecule has 0 saturated heterocycles. The normalized spacial score (nSPS) is 32.6. The van der Waals surface area contributed by atoms with Crippen LogP contribution in [0.4, 0.5) is 0 Å². The minimum absolute atomic E-state index is 0.148. The number of ether oxygens (including phenoxy) is 1. The molecule has 1 fully saturated rings. The molecule has 0 aromatic rings. The lowest BCUT2D eigenvalue weighted by Crippen LogP contribution is -2.31. The van der Waals surface area contributed by atoms with Crippen molar-refractivity contribution in [1.29, 1.82) is 5.41 Å². The Kier molecular flexibility index (Phi) is 3.88. The van der Waals surface area contributed by atoms with Crippen molar-refractivity contribution >= 4 is 12.1 Å². The first-order valence-corrected chi connectivity index (χ1v) is 6.98. The summed E-state index contributed by atoms with van der Waals surface area (Å²) in [4.78, 5) is 4.42. The molecule has 3 nitrogen and oxygen atoms in total. The van der Waals surface area contributed by atoms with Crippen LogP contribution in [-0.4, -0.2) is 18.7 Å². The average molecular weight is 248 g/mol. The fourth-order valence-electron chi connectivity index (χ4n) is 2.77. The number of hydrogen-bond acceptors (Lipinski definition) is 3. The van der Waals surface area contributed by atoms with Crippen molar-refractivity contribution in [2.45, 2.75) is 46.5 Å². The van der Waals surface area contributed by atoms with Crippen LogP contribution in [0.15, 0.2) is 16.8 Å². The Morgan fingerprint density at radius 2 is 2.11 bits per heavy atom. The van der Waals surface area contributed by atoms with E-state index in [0.29, 0.717) is 11.8 Å². The number of hydrogen-bond donors (Lipinski definition) is 1. The predicted octanol–water partition coefficient (Wildman–Crippen LogP) is 3.80. The van der Waals surface area contributed by atoms with Crippen LogP contribution in [-0.2, 0) is 4.74 Å². The third-order valence-corrected chi connectivity index (χ3v) is 4.20. The number of nitrogens with zero attached hydrogens (tertiary/aromatic N) is 1. The highest BCUT2D eigenvalue weighted by molar-refractivity contribution is 5.80. The zero-order chi connectivity index (χ0) is 13.2. The molecule has 2 aliphatic rings. The van der Waals surface area contributed by atoms with E-state index in [9.17, 15) is 0 Å². The largest absolute Gasteiger partial charge is 0.447 e. The van der Waals surface area contributed by atoms with Gasteiger partial charge in [0.05, 0.1) is 6.54 Å². The fraction of sp³-hybridized carbons (Fsp3) is 0.733. The minimum atomic E-state index is 0.148. The second-order valence-corrected chi connectivity index (χ2v) is 6.07. The van der Waals surface area contributed by atoms with Gasteiger partial charge in [-0.25, -0.2) is 0 Å². The van der Waals surface area contributed by atoms with Gasteiger partial charge in [-0.15, -0.1) is 0 Å². The molecular formula is C15H24N2O. The molecule has 0 radical (unpaired) electrons. The summed E-state index contributed by atoms with van der Waals surface area (Å²) in [6.07, 6.45) is 8.19. The van der Waals surface area contributed by atoms with Crippen LogP contribution in [0, 0.1) is 22.7 Å². The molecule has 0 unspecified atom stereocenters. The van der Waals surface area contributed by atoms with Crippen molar-refractivity contribution in [3.8, 4) is 0 Å². The van der Waals surface area contributed by atoms with E-state index < -0.39 is 0 Å². The van der Waals surface area contributed by atoms with E-state index in [1.807, 2.05) is 0 Å². The Labute approximate surface area is 110 Å². The van der Waals surface area contributed by atoms with Crippen molar-refractivity contribution in [3.05, 3.63) is 11.8 Å². The first-order valence-electron chi connectivity index (χ1n) is 6.98. The number of aliphatic imine (C=N–C) groups is 1. The van der Waals surface area contributed by atoms with Crippen molar-refractivity contribution in [1.82, 2.24) is 0 Å². The third kappa shape index (κ3) is 2.65. The fourth-order valence-corrected chi connectivity index (χ4v) is 2.77. The minimum Gasteiger partial charge on any atom is -0.447 e. The van der Waals surface area contributed by atoms with Gasteiger partial charge in [-0.1, -0.05) is 20.8 Å². The second-order valence-electron chi connectivity index (χ2n) is 6.07. The molecule has 18 heavy (non-hydrogen) atoms. The van der Waals surface area contributed by atoms with Gasteiger partial charge in [-0.2, -0.15) is 0 Å². The number of rotatable bonds is 3. The van der Waals surface area contributed by atoms with Gasteiger partial charge in [0, 0.05) is 11.3 Å². The van der Waals surface area contributed by atoms with Gasteiger partial charge in [0.1, 0.15) is 5.76 Å². The van der Waals surface area contributed by atoms with Crippen LogP contribution in [0.3, 0.4) is 0 Å². The summed E-state index contributed by atoms with van der Waals surface area (Å²) in [5.74, 6) is 2.82. The van der Waals surface area contributed by atoms with E-state index in [1.54, 1.807) is 6.21 Å². The van der Waals surface area contributed by atoms with Gasteiger partial charge in [0.2, 0.25) is 0 Å². The SMILES string of the molecule is CC(C)C1=NCC=C(C2(C)CCC(C=N)CC2)O1. The monoisotopic (exact) mass is 248 g/mol. The third-order valence-electron chi connectivity index (χ3n) is 4.20. The van der Waals surface area contributed by atoms with E-state index in [1.165, 1.54) is 0 Å². The lowest BCUT2D eigenvalue weighted by atomic mass is 9.70. The molecule has 0 bridgehead atoms. The van der Waals surface area contributed by atoms with Crippen LogP contribution in [0.5, 0.6) is 0 Å². The van der Waals surface area contributed by atoms with E-state index in [-0.39, 0.29) is 5.41 Å². The summed E-state index contributed by atoms with van der Waals surface area (Å²) in [7, 11) is 0. The van der Waals surface area contributed by atoms with Crippen molar-refractivity contribution < 1.29 is 4.74 Å². The molecule has 0 aromatic heterocycles. The maximum atomic E-state index is 7.37. The molecule has 1 N–H and O–H groups in total. The van der Waals surface area contributed by atoms with Gasteiger partial charge >= 0.3 is 0 Å². The standard InChI is InChI=1S/C15H24N2O/c1-11(2)14-17-9-6-13(18-14)15(3)7-4-12(10-16)5-8-15/h6,10-12,16H,4-5,7-9H2,1-3H3. The van der Waals surface area contributed by atoms with Gasteiger partial charge in [0.15, 0.2) is 5.90 Å². The highest BCUT2D eigenvalue weighted by Gasteiger charge is 2.36. The Bertz CT molecular complexity index is 374. The van der Waals surface area contributed by atoms with Gasteiger partial charge in [-0.05, 0) is 43.9 Å². The topological polar surface area (TPSA) is 45.4 Å². The second kappa shape index (κ2) is 5.25. The molecule has 1 saturated carbocycles. The Balaban J connectivity index is 2.04. The Hall–Kier alpha value is -1.12. The molecule has 3 heteroatoms. The summed E-state index contributed by atoms with van der Waals surface area (Å²) >= 11 is 0. The lowest BCUT2D eigenvalue weighted by Gasteiger charge is -2.38. The molecule has 2 rings (SSSR count). The van der Waals surface area contributed by atoms with E-state index in [0.717, 1.165) is 43.9 Å². The molecule has 0 aromatic carbocycles. The van der Waals surface area contributed by atoms with E-state index in [4.69, 9.17) is 10.1 Å². The first kappa shape index (κ1) is 13.3. The number of allylic oxidation sites excluding steroid dienone is 1. The van der Waals surface area contributed by atoms with Crippen molar-refractivity contribution in [2.75, 3.05) is 6.54 Å². The molecule has 1 aliphatic carbocycles. The van der Waals surface area contributed by atoms with Crippen LogP contribution < -0.4 is 0 Å². The quantitative estimate of drug-likeness (QED) is 0.759. The van der Waals surface area contributed by atoms with Crippen LogP contribution >= 0.6 is 0 Å². The zero-order valence-electron chi connectivity index (χ0n) is 11.7. The van der Waals surface area contributed by atoms with Gasteiger partial charge < -0.3 is 10.1 Å². The maximum Gasteiger partial charge on any atom is 0.192 e. The Morgan fingerprint density at radius 1 is 1.44 bits per heavy atom. The van der Waals surface area contributed by atoms with E-state index in [2.05, 4.69) is 31.8 Å². The zero-order valence-corrected chi connectivity index (χ0v) is 11.7. The van der Waals surface area contributed by atoms with Crippen LogP contribution in [0.2, 0.25) is 0 Å². The summed E-state index contributed by atoms with van der Waals surface area (Å²) in [6.45, 7) is 7.29. The summed E-state index contributed by atoms with van der Waals surface area (Å²) in [5.41, 5.74) is 0.148. The molecule has 0 spiro atoms. The summed E-state index contributed by atoms with van der Waals surface area (Å²) in [6, 6.07) is 0. The molecule has 100 valence electrons. The summed E-state index contributed by atoms with van der Waals surface area (Å²) < 4.78 is 6.01. The van der Waals surface area contributed by atoms with Crippen LogP contribution in [0.25, 0.3) is 0 Å². The average Bonchev–Trinajstić information content (AvgIpc) is 2.40. The highest BCUT2D eigenvalue weighted by atomic mass is 16.5. The lowest BCUT2D eigenvalue weighted by molar-refractivity contribution is 0.161. The molecular weight excluding hydrogens is 224 g/mol. The molecule has 1 heterocycles. The Morgan fingerprint density at radius 3 is 2.67 bits per heavy atom. The smallest absolute Gasteiger partial charge is 0.192 e. The number of nitrogens with one attached hydrogen (secondary N) is 1. The highest BCUT2D eigenvalue weighted by Crippen LogP contribution is 2.44. The summed E-state index contributed by atoms with van der Waals surface area (Å²) in [5, 5.41) is 7.37. The van der Waals surface area contributed by atoms with Gasteiger partial charge in [-0.3, -0.25) is 4.99 Å². The van der Waals surface area contributed by atoms with Crippen molar-refractivity contribution in [2.24, 2.45) is 22.2 Å². The predicted molar refractivity (Wildman–Crippen MR) is 75.2 cm³/mol. The first-order chi connectivity index (χ1) is 8.55. The van der Waals surface area contributed by atoms with Crippen LogP contribution in [0.1, 0.15) is 46.5 Å². The van der Waals surface area contributed by atoms with E-state index >= 15 is 0 Å². The molecule has 0 amide bonds. The molecule has 1 aliphatic heterocycles.